The molecular weight excluding hydrogens is 380 g/mol. The predicted molar refractivity (Wildman–Crippen MR) is 109 cm³/mol. The lowest BCUT2D eigenvalue weighted by atomic mass is 10.2. The van der Waals surface area contributed by atoms with Crippen LogP contribution < -0.4 is 19.9 Å². The third kappa shape index (κ3) is 6.40. The van der Waals surface area contributed by atoms with Gasteiger partial charge in [-0.1, -0.05) is 26.0 Å². The molecule has 0 aliphatic rings. The maximum absolute atomic E-state index is 12.1. The zero-order valence-corrected chi connectivity index (χ0v) is 16.8. The summed E-state index contributed by atoms with van der Waals surface area (Å²) in [5.74, 6) is 1.19. The second-order valence-electron chi connectivity index (χ2n) is 6.51. The molecule has 0 fully saturated rings. The minimum atomic E-state index is -3.83. The number of hydrogen-bond acceptors (Lipinski definition) is 5. The maximum Gasteiger partial charge on any atom is 0.248 e. The maximum atomic E-state index is 12.1. The number of methoxy groups -OCH3 is 1. The van der Waals surface area contributed by atoms with E-state index in [9.17, 15) is 13.2 Å². The molecule has 0 aromatic heterocycles. The monoisotopic (exact) mass is 404 g/mol. The van der Waals surface area contributed by atoms with Gasteiger partial charge in [0.1, 0.15) is 0 Å². The van der Waals surface area contributed by atoms with Gasteiger partial charge in [0.25, 0.3) is 0 Å². The molecule has 150 valence electrons. The fourth-order valence-corrected chi connectivity index (χ4v) is 2.83. The molecule has 0 aliphatic heterocycles. The Morgan fingerprint density at radius 2 is 1.93 bits per heavy atom. The molecule has 0 atom stereocenters. The molecule has 28 heavy (non-hydrogen) atoms. The second kappa shape index (κ2) is 9.38. The molecule has 0 saturated heterocycles. The quantitative estimate of drug-likeness (QED) is 0.658. The number of carbonyl (C=O) groups is 1. The number of hydrogen-bond donors (Lipinski definition) is 2. The Hall–Kier alpha value is -2.84. The van der Waals surface area contributed by atoms with E-state index in [1.54, 1.807) is 31.4 Å². The van der Waals surface area contributed by atoms with E-state index in [1.165, 1.54) is 24.3 Å². The third-order valence-electron chi connectivity index (χ3n) is 3.62. The van der Waals surface area contributed by atoms with E-state index in [2.05, 4.69) is 19.2 Å². The van der Waals surface area contributed by atoms with Crippen molar-refractivity contribution >= 4 is 27.7 Å². The highest BCUT2D eigenvalue weighted by atomic mass is 32.2. The summed E-state index contributed by atoms with van der Waals surface area (Å²) in [4.78, 5) is 12.0. The average molecular weight is 404 g/mol. The first-order valence-corrected chi connectivity index (χ1v) is 10.2. The van der Waals surface area contributed by atoms with Crippen LogP contribution in [-0.4, -0.2) is 28.0 Å². The lowest BCUT2D eigenvalue weighted by molar-refractivity contribution is -0.111. The summed E-state index contributed by atoms with van der Waals surface area (Å²) in [6.07, 6.45) is 2.96. The van der Waals surface area contributed by atoms with Crippen molar-refractivity contribution < 1.29 is 22.7 Å². The molecule has 0 aliphatic carbocycles. The molecule has 0 unspecified atom stereocenters. The number of rotatable bonds is 8. The highest BCUT2D eigenvalue weighted by Gasteiger charge is 2.09. The van der Waals surface area contributed by atoms with Gasteiger partial charge < -0.3 is 14.8 Å². The van der Waals surface area contributed by atoms with Crippen LogP contribution >= 0.6 is 0 Å². The van der Waals surface area contributed by atoms with Crippen molar-refractivity contribution in [3.8, 4) is 11.5 Å². The first-order valence-electron chi connectivity index (χ1n) is 8.62. The van der Waals surface area contributed by atoms with E-state index >= 15 is 0 Å². The van der Waals surface area contributed by atoms with E-state index in [-0.39, 0.29) is 4.90 Å². The molecule has 2 aromatic rings. The summed E-state index contributed by atoms with van der Waals surface area (Å²) in [6.45, 7) is 4.69. The average Bonchev–Trinajstić information content (AvgIpc) is 2.64. The number of carbonyl (C=O) groups excluding carboxylic acids is 1. The molecule has 2 aromatic carbocycles. The molecule has 0 heterocycles. The predicted octanol–water partition coefficient (Wildman–Crippen LogP) is 3.03. The number of nitrogens with one attached hydrogen (secondary N) is 1. The van der Waals surface area contributed by atoms with Crippen LogP contribution in [0.2, 0.25) is 0 Å². The van der Waals surface area contributed by atoms with Crippen LogP contribution in [0.4, 0.5) is 5.69 Å². The lowest BCUT2D eigenvalue weighted by Gasteiger charge is -2.12. The second-order valence-corrected chi connectivity index (χ2v) is 8.07. The summed E-state index contributed by atoms with van der Waals surface area (Å²) in [7, 11) is -2.28. The van der Waals surface area contributed by atoms with Gasteiger partial charge in [-0.3, -0.25) is 4.79 Å². The standard InChI is InChI=1S/C20H24N2O5S/c1-14(2)13-27-18-9-7-15(11-19(18)26-3)8-10-20(23)22-16-5-4-6-17(12-16)28(21,24)25/h4-12,14H,13H2,1-3H3,(H,22,23)(H2,21,24,25)/b10-8+. The van der Waals surface area contributed by atoms with E-state index in [1.807, 2.05) is 6.07 Å². The van der Waals surface area contributed by atoms with E-state index in [0.717, 1.165) is 5.56 Å². The number of amides is 1. The molecule has 1 amide bonds. The summed E-state index contributed by atoms with van der Waals surface area (Å²) >= 11 is 0. The Bertz CT molecular complexity index is 968. The van der Waals surface area contributed by atoms with Crippen LogP contribution in [0.15, 0.2) is 53.4 Å². The van der Waals surface area contributed by atoms with Crippen LogP contribution in [0, 0.1) is 5.92 Å². The topological polar surface area (TPSA) is 108 Å². The molecule has 0 spiro atoms. The van der Waals surface area contributed by atoms with E-state index < -0.39 is 15.9 Å². The van der Waals surface area contributed by atoms with Crippen LogP contribution in [-0.2, 0) is 14.8 Å². The van der Waals surface area contributed by atoms with Crippen LogP contribution in [0.1, 0.15) is 19.4 Å². The number of ether oxygens (including phenoxy) is 2. The molecular formula is C20H24N2O5S. The minimum Gasteiger partial charge on any atom is -0.493 e. The van der Waals surface area contributed by atoms with Gasteiger partial charge in [0.05, 0.1) is 18.6 Å². The number of anilines is 1. The highest BCUT2D eigenvalue weighted by molar-refractivity contribution is 7.89. The van der Waals surface area contributed by atoms with Gasteiger partial charge in [0.15, 0.2) is 11.5 Å². The van der Waals surface area contributed by atoms with E-state index in [4.69, 9.17) is 14.6 Å². The van der Waals surface area contributed by atoms with E-state index in [0.29, 0.717) is 29.7 Å². The summed E-state index contributed by atoms with van der Waals surface area (Å²) in [6, 6.07) is 11.1. The number of nitrogens with two attached hydrogens (primary N) is 1. The molecule has 2 rings (SSSR count). The van der Waals surface area contributed by atoms with Gasteiger partial charge in [0, 0.05) is 11.8 Å². The van der Waals surface area contributed by atoms with Crippen molar-refractivity contribution in [2.75, 3.05) is 19.0 Å². The van der Waals surface area contributed by atoms with Crippen molar-refractivity contribution in [2.45, 2.75) is 18.7 Å². The molecule has 0 radical (unpaired) electrons. The highest BCUT2D eigenvalue weighted by Crippen LogP contribution is 2.29. The van der Waals surface area contributed by atoms with Gasteiger partial charge in [-0.2, -0.15) is 0 Å². The molecule has 0 bridgehead atoms. The normalized spacial score (nSPS) is 11.6. The van der Waals surface area contributed by atoms with Crippen molar-refractivity contribution in [3.63, 3.8) is 0 Å². The van der Waals surface area contributed by atoms with Crippen molar-refractivity contribution in [1.82, 2.24) is 0 Å². The largest absolute Gasteiger partial charge is 0.493 e. The van der Waals surface area contributed by atoms with Crippen molar-refractivity contribution in [2.24, 2.45) is 11.1 Å². The molecule has 7 nitrogen and oxygen atoms in total. The zero-order valence-electron chi connectivity index (χ0n) is 16.0. The van der Waals surface area contributed by atoms with Crippen molar-refractivity contribution in [3.05, 3.63) is 54.1 Å². The summed E-state index contributed by atoms with van der Waals surface area (Å²) in [5.41, 5.74) is 1.08. The number of sulfonamides is 1. The Kier molecular flexibility index (Phi) is 7.19. The fraction of sp³-hybridized carbons (Fsp3) is 0.250. The van der Waals surface area contributed by atoms with Crippen LogP contribution in [0.25, 0.3) is 6.08 Å². The minimum absolute atomic E-state index is 0.0731. The van der Waals surface area contributed by atoms with Crippen LogP contribution in [0.3, 0.4) is 0 Å². The molecule has 8 heteroatoms. The smallest absolute Gasteiger partial charge is 0.248 e. The first kappa shape index (κ1) is 21.5. The lowest BCUT2D eigenvalue weighted by Crippen LogP contribution is -2.13. The van der Waals surface area contributed by atoms with Crippen LogP contribution in [0.5, 0.6) is 11.5 Å². The SMILES string of the molecule is COc1cc(/C=C/C(=O)Nc2cccc(S(N)(=O)=O)c2)ccc1OCC(C)C. The van der Waals surface area contributed by atoms with Gasteiger partial charge in [-0.15, -0.1) is 0 Å². The zero-order chi connectivity index (χ0) is 20.7. The summed E-state index contributed by atoms with van der Waals surface area (Å²) in [5, 5.41) is 7.69. The van der Waals surface area contributed by atoms with Gasteiger partial charge in [-0.05, 0) is 47.9 Å². The molecule has 0 saturated carbocycles. The fourth-order valence-electron chi connectivity index (χ4n) is 2.27. The molecule has 3 N–H and O–H groups in total. The summed E-state index contributed by atoms with van der Waals surface area (Å²) < 4.78 is 33.8. The number of benzene rings is 2. The van der Waals surface area contributed by atoms with Crippen molar-refractivity contribution in [1.29, 1.82) is 0 Å². The van der Waals surface area contributed by atoms with Gasteiger partial charge in [-0.25, -0.2) is 13.6 Å². The Morgan fingerprint density at radius 1 is 1.18 bits per heavy atom. The van der Waals surface area contributed by atoms with Gasteiger partial charge in [0.2, 0.25) is 15.9 Å². The Morgan fingerprint density at radius 3 is 2.57 bits per heavy atom. The number of primary sulfonamides is 1. The third-order valence-corrected chi connectivity index (χ3v) is 4.53. The Balaban J connectivity index is 2.08. The van der Waals surface area contributed by atoms with Gasteiger partial charge >= 0.3 is 0 Å². The first-order chi connectivity index (χ1) is 13.2. The Labute approximate surface area is 165 Å².